The molecule has 0 saturated carbocycles. The minimum Gasteiger partial charge on any atom is -0.482 e. The number of amides is 1. The number of nitrogens with one attached hydrogen (secondary N) is 1. The molecule has 0 unspecified atom stereocenters. The molecule has 4 aromatic rings. The van der Waals surface area contributed by atoms with Crippen molar-refractivity contribution in [3.63, 3.8) is 0 Å². The number of hydrogen-bond acceptors (Lipinski definition) is 4. The van der Waals surface area contributed by atoms with Gasteiger partial charge < -0.3 is 4.74 Å². The lowest BCUT2D eigenvalue weighted by Gasteiger charge is -2.06. The first kappa shape index (κ1) is 20.4. The van der Waals surface area contributed by atoms with Crippen molar-refractivity contribution < 1.29 is 9.53 Å². The zero-order valence-corrected chi connectivity index (χ0v) is 17.2. The molecule has 31 heavy (non-hydrogen) atoms. The zero-order chi connectivity index (χ0) is 21.5. The van der Waals surface area contributed by atoms with Gasteiger partial charge in [0.2, 0.25) is 0 Å². The Bertz CT molecular complexity index is 1190. The number of ether oxygens (including phenoxy) is 1. The molecule has 0 radical (unpaired) electrons. The maximum Gasteiger partial charge on any atom is 0.277 e. The summed E-state index contributed by atoms with van der Waals surface area (Å²) in [5.41, 5.74) is 5.88. The number of nitrogens with zero attached hydrogens (tertiary/aromatic N) is 3. The SMILES string of the molecule is O=C(COc1ccccc1Cl)N/N=C/c1cn(-c2ccccc2)nc1-c1ccccc1. The molecule has 0 aliphatic carbocycles. The highest BCUT2D eigenvalue weighted by atomic mass is 35.5. The van der Waals surface area contributed by atoms with E-state index in [0.29, 0.717) is 10.8 Å². The van der Waals surface area contributed by atoms with Crippen LogP contribution in [0.25, 0.3) is 16.9 Å². The summed E-state index contributed by atoms with van der Waals surface area (Å²) in [6.45, 7) is -0.199. The fraction of sp³-hybridized carbons (Fsp3) is 0.0417. The van der Waals surface area contributed by atoms with E-state index in [2.05, 4.69) is 10.5 Å². The second-order valence-electron chi connectivity index (χ2n) is 6.59. The number of carbonyl (C=O) groups is 1. The van der Waals surface area contributed by atoms with E-state index in [1.165, 1.54) is 0 Å². The van der Waals surface area contributed by atoms with Crippen LogP contribution in [0, 0.1) is 0 Å². The molecular weight excluding hydrogens is 412 g/mol. The van der Waals surface area contributed by atoms with Crippen LogP contribution in [-0.2, 0) is 4.79 Å². The highest BCUT2D eigenvalue weighted by molar-refractivity contribution is 6.32. The largest absolute Gasteiger partial charge is 0.482 e. The number of para-hydroxylation sites is 2. The fourth-order valence-corrected chi connectivity index (χ4v) is 3.12. The third-order valence-electron chi connectivity index (χ3n) is 4.40. The van der Waals surface area contributed by atoms with Gasteiger partial charge in [-0.3, -0.25) is 4.79 Å². The van der Waals surface area contributed by atoms with Crippen molar-refractivity contribution in [3.05, 3.63) is 102 Å². The van der Waals surface area contributed by atoms with Gasteiger partial charge in [-0.05, 0) is 24.3 Å². The second kappa shape index (κ2) is 9.73. The first-order valence-electron chi connectivity index (χ1n) is 9.60. The molecule has 0 spiro atoms. The lowest BCUT2D eigenvalue weighted by Crippen LogP contribution is -2.24. The average molecular weight is 431 g/mol. The van der Waals surface area contributed by atoms with Crippen LogP contribution < -0.4 is 10.2 Å². The molecule has 6 nitrogen and oxygen atoms in total. The Morgan fingerprint density at radius 2 is 1.68 bits per heavy atom. The van der Waals surface area contributed by atoms with E-state index in [9.17, 15) is 4.79 Å². The van der Waals surface area contributed by atoms with Gasteiger partial charge in [0, 0.05) is 17.3 Å². The Hall–Kier alpha value is -3.90. The minimum atomic E-state index is -0.395. The highest BCUT2D eigenvalue weighted by Crippen LogP contribution is 2.23. The van der Waals surface area contributed by atoms with Crippen LogP contribution in [0.4, 0.5) is 0 Å². The predicted molar refractivity (Wildman–Crippen MR) is 122 cm³/mol. The zero-order valence-electron chi connectivity index (χ0n) is 16.5. The van der Waals surface area contributed by atoms with Crippen molar-refractivity contribution in [1.82, 2.24) is 15.2 Å². The minimum absolute atomic E-state index is 0.199. The number of hydrogen-bond donors (Lipinski definition) is 1. The number of benzene rings is 3. The van der Waals surface area contributed by atoms with Crippen molar-refractivity contribution >= 4 is 23.7 Å². The molecule has 4 rings (SSSR count). The first-order chi connectivity index (χ1) is 15.2. The molecular formula is C24H19ClN4O2. The average Bonchev–Trinajstić information content (AvgIpc) is 3.24. The van der Waals surface area contributed by atoms with E-state index in [0.717, 1.165) is 22.5 Å². The van der Waals surface area contributed by atoms with Gasteiger partial charge >= 0.3 is 0 Å². The van der Waals surface area contributed by atoms with Gasteiger partial charge in [-0.15, -0.1) is 0 Å². The van der Waals surface area contributed by atoms with Crippen molar-refractivity contribution in [2.24, 2.45) is 5.10 Å². The molecule has 7 heteroatoms. The summed E-state index contributed by atoms with van der Waals surface area (Å²) < 4.78 is 7.21. The highest BCUT2D eigenvalue weighted by Gasteiger charge is 2.11. The summed E-state index contributed by atoms with van der Waals surface area (Å²) >= 11 is 6.02. The summed E-state index contributed by atoms with van der Waals surface area (Å²) in [5.74, 6) is 0.0479. The third-order valence-corrected chi connectivity index (χ3v) is 4.71. The fourth-order valence-electron chi connectivity index (χ4n) is 2.93. The molecule has 0 aliphatic heterocycles. The summed E-state index contributed by atoms with van der Waals surface area (Å²) in [6, 6.07) is 26.6. The van der Waals surface area contributed by atoms with Crippen LogP contribution in [0.1, 0.15) is 5.56 Å². The quantitative estimate of drug-likeness (QED) is 0.340. The Morgan fingerprint density at radius 1 is 1.00 bits per heavy atom. The van der Waals surface area contributed by atoms with E-state index < -0.39 is 5.91 Å². The topological polar surface area (TPSA) is 68.5 Å². The Balaban J connectivity index is 1.49. The van der Waals surface area contributed by atoms with Gasteiger partial charge in [-0.25, -0.2) is 10.1 Å². The van der Waals surface area contributed by atoms with Crippen molar-refractivity contribution in [1.29, 1.82) is 0 Å². The lowest BCUT2D eigenvalue weighted by atomic mass is 10.1. The van der Waals surface area contributed by atoms with Crippen molar-refractivity contribution in [3.8, 4) is 22.7 Å². The van der Waals surface area contributed by atoms with E-state index >= 15 is 0 Å². The summed E-state index contributed by atoms with van der Waals surface area (Å²) in [5, 5.41) is 9.23. The molecule has 0 atom stereocenters. The number of aromatic nitrogens is 2. The maximum absolute atomic E-state index is 12.1. The summed E-state index contributed by atoms with van der Waals surface area (Å²) in [7, 11) is 0. The van der Waals surface area contributed by atoms with E-state index in [1.54, 1.807) is 35.2 Å². The molecule has 0 fully saturated rings. The lowest BCUT2D eigenvalue weighted by molar-refractivity contribution is -0.123. The predicted octanol–water partition coefficient (Wildman–Crippen LogP) is 4.72. The molecule has 1 amide bonds. The number of halogens is 1. The summed E-state index contributed by atoms with van der Waals surface area (Å²) in [4.78, 5) is 12.1. The van der Waals surface area contributed by atoms with Crippen LogP contribution in [-0.4, -0.2) is 28.5 Å². The van der Waals surface area contributed by atoms with Gasteiger partial charge in [0.25, 0.3) is 5.91 Å². The van der Waals surface area contributed by atoms with Crippen molar-refractivity contribution in [2.75, 3.05) is 6.61 Å². The van der Waals surface area contributed by atoms with Gasteiger partial charge in [0.15, 0.2) is 6.61 Å². The standard InChI is InChI=1S/C24H19ClN4O2/c25-21-13-7-8-14-22(21)31-17-23(30)27-26-15-19-16-29(20-11-5-2-6-12-20)28-24(19)18-9-3-1-4-10-18/h1-16H,17H2,(H,27,30)/b26-15+. The summed E-state index contributed by atoms with van der Waals surface area (Å²) in [6.07, 6.45) is 3.44. The van der Waals surface area contributed by atoms with E-state index in [-0.39, 0.29) is 6.61 Å². The van der Waals surface area contributed by atoms with Gasteiger partial charge in [0.05, 0.1) is 16.9 Å². The van der Waals surface area contributed by atoms with Gasteiger partial charge in [-0.1, -0.05) is 72.3 Å². The Labute approximate surface area is 184 Å². The number of rotatable bonds is 7. The first-order valence-corrected chi connectivity index (χ1v) is 9.98. The number of carbonyl (C=O) groups excluding carboxylic acids is 1. The van der Waals surface area contributed by atoms with Crippen LogP contribution in [0.15, 0.2) is 96.2 Å². The van der Waals surface area contributed by atoms with E-state index in [4.69, 9.17) is 21.4 Å². The van der Waals surface area contributed by atoms with Crippen LogP contribution >= 0.6 is 11.6 Å². The molecule has 1 N–H and O–H groups in total. The number of hydrazone groups is 1. The Kier molecular flexibility index (Phi) is 6.40. The van der Waals surface area contributed by atoms with Crippen LogP contribution in [0.3, 0.4) is 0 Å². The molecule has 0 bridgehead atoms. The molecule has 1 heterocycles. The molecule has 154 valence electrons. The van der Waals surface area contributed by atoms with Crippen molar-refractivity contribution in [2.45, 2.75) is 0 Å². The van der Waals surface area contributed by atoms with Gasteiger partial charge in [0.1, 0.15) is 11.4 Å². The molecule has 3 aromatic carbocycles. The third kappa shape index (κ3) is 5.18. The molecule has 0 saturated heterocycles. The van der Waals surface area contributed by atoms with Gasteiger partial charge in [-0.2, -0.15) is 10.2 Å². The Morgan fingerprint density at radius 3 is 2.42 bits per heavy atom. The molecule has 1 aromatic heterocycles. The van der Waals surface area contributed by atoms with E-state index in [1.807, 2.05) is 66.9 Å². The molecule has 0 aliphatic rings. The van der Waals surface area contributed by atoms with Crippen LogP contribution in [0.2, 0.25) is 5.02 Å². The second-order valence-corrected chi connectivity index (χ2v) is 7.00. The monoisotopic (exact) mass is 430 g/mol. The van der Waals surface area contributed by atoms with Crippen LogP contribution in [0.5, 0.6) is 5.75 Å². The maximum atomic E-state index is 12.1. The smallest absolute Gasteiger partial charge is 0.277 e. The normalized spacial score (nSPS) is 10.9.